The van der Waals surface area contributed by atoms with Crippen LogP contribution >= 0.6 is 0 Å². The third-order valence-corrected chi connectivity index (χ3v) is 4.21. The number of carbonyl (C=O) groups excluding carboxylic acids is 3. The summed E-state index contributed by atoms with van der Waals surface area (Å²) in [6.07, 6.45) is 0.753. The molecule has 0 aromatic heterocycles. The Hall–Kier alpha value is -3.15. The number of hydrogen-bond donors (Lipinski definition) is 2. The van der Waals surface area contributed by atoms with Crippen molar-refractivity contribution in [3.63, 3.8) is 0 Å². The molecule has 2 aromatic rings. The number of benzene rings is 2. The van der Waals surface area contributed by atoms with Gasteiger partial charge in [0, 0.05) is 12.1 Å². The van der Waals surface area contributed by atoms with Gasteiger partial charge in [0.15, 0.2) is 6.61 Å². The van der Waals surface area contributed by atoms with E-state index in [9.17, 15) is 14.4 Å². The topological polar surface area (TPSA) is 84.5 Å². The van der Waals surface area contributed by atoms with Gasteiger partial charge in [0.25, 0.3) is 5.91 Å². The minimum absolute atomic E-state index is 0.187. The van der Waals surface area contributed by atoms with Crippen LogP contribution < -0.4 is 10.6 Å². The summed E-state index contributed by atoms with van der Waals surface area (Å²) >= 11 is 0. The Kier molecular flexibility index (Phi) is 7.75. The van der Waals surface area contributed by atoms with Crippen LogP contribution in [0.15, 0.2) is 42.5 Å². The fourth-order valence-corrected chi connectivity index (χ4v) is 2.90. The van der Waals surface area contributed by atoms with E-state index in [1.54, 1.807) is 0 Å². The van der Waals surface area contributed by atoms with Gasteiger partial charge in [0.05, 0.1) is 6.54 Å². The Morgan fingerprint density at radius 2 is 1.57 bits per heavy atom. The molecule has 0 aliphatic heterocycles. The van der Waals surface area contributed by atoms with Crippen LogP contribution in [0.5, 0.6) is 0 Å². The Morgan fingerprint density at radius 1 is 0.929 bits per heavy atom. The van der Waals surface area contributed by atoms with Crippen LogP contribution in [-0.4, -0.2) is 30.9 Å². The highest BCUT2D eigenvalue weighted by Gasteiger charge is 2.11. The van der Waals surface area contributed by atoms with Crippen LogP contribution in [0, 0.1) is 20.8 Å². The molecule has 6 nitrogen and oxygen atoms in total. The lowest BCUT2D eigenvalue weighted by Crippen LogP contribution is -2.35. The molecule has 0 aliphatic rings. The lowest BCUT2D eigenvalue weighted by Gasteiger charge is -2.13. The molecular formula is C22H26N2O4. The van der Waals surface area contributed by atoms with Gasteiger partial charge in [-0.05, 0) is 43.9 Å². The molecule has 2 rings (SSSR count). The molecule has 2 amide bonds. The predicted molar refractivity (Wildman–Crippen MR) is 108 cm³/mol. The molecule has 0 bridgehead atoms. The molecule has 0 heterocycles. The molecule has 0 radical (unpaired) electrons. The number of ether oxygens (including phenoxy) is 1. The average Bonchev–Trinajstić information content (AvgIpc) is 2.66. The third kappa shape index (κ3) is 6.87. The monoisotopic (exact) mass is 382 g/mol. The Labute approximate surface area is 165 Å². The van der Waals surface area contributed by atoms with Gasteiger partial charge in [-0.3, -0.25) is 14.4 Å². The summed E-state index contributed by atoms with van der Waals surface area (Å²) in [6.45, 7) is 5.25. The van der Waals surface area contributed by atoms with Gasteiger partial charge in [0.2, 0.25) is 5.91 Å². The third-order valence-electron chi connectivity index (χ3n) is 4.21. The normalized spacial score (nSPS) is 10.2. The van der Waals surface area contributed by atoms with E-state index >= 15 is 0 Å². The molecule has 0 aliphatic carbocycles. The van der Waals surface area contributed by atoms with Gasteiger partial charge >= 0.3 is 5.97 Å². The van der Waals surface area contributed by atoms with E-state index in [1.165, 1.54) is 0 Å². The number of nitrogens with one attached hydrogen (secondary N) is 2. The summed E-state index contributed by atoms with van der Waals surface area (Å²) in [4.78, 5) is 35.6. The fraction of sp³-hybridized carbons (Fsp3) is 0.318. The SMILES string of the molecule is Cc1cc(C)c(NC(=O)CNC(=O)COC(=O)CCc2ccccc2)c(C)c1. The van der Waals surface area contributed by atoms with Crippen molar-refractivity contribution in [1.82, 2.24) is 5.32 Å². The number of hydrogen-bond acceptors (Lipinski definition) is 4. The summed E-state index contributed by atoms with van der Waals surface area (Å²) < 4.78 is 4.94. The molecule has 0 saturated carbocycles. The molecule has 0 spiro atoms. The molecular weight excluding hydrogens is 356 g/mol. The predicted octanol–water partition coefficient (Wildman–Crippen LogP) is 2.84. The number of amides is 2. The molecule has 0 fully saturated rings. The summed E-state index contributed by atoms with van der Waals surface area (Å²) in [6, 6.07) is 13.5. The first-order valence-corrected chi connectivity index (χ1v) is 9.19. The first-order valence-electron chi connectivity index (χ1n) is 9.19. The number of esters is 1. The Balaban J connectivity index is 1.69. The Bertz CT molecular complexity index is 824. The number of carbonyl (C=O) groups is 3. The molecule has 148 valence electrons. The zero-order chi connectivity index (χ0) is 20.5. The zero-order valence-electron chi connectivity index (χ0n) is 16.5. The molecule has 6 heteroatoms. The van der Waals surface area contributed by atoms with E-state index in [-0.39, 0.29) is 18.9 Å². The van der Waals surface area contributed by atoms with Crippen molar-refractivity contribution in [1.29, 1.82) is 0 Å². The fourth-order valence-electron chi connectivity index (χ4n) is 2.90. The highest BCUT2D eigenvalue weighted by Crippen LogP contribution is 2.21. The lowest BCUT2D eigenvalue weighted by atomic mass is 10.1. The number of aryl methyl sites for hydroxylation is 4. The number of anilines is 1. The quantitative estimate of drug-likeness (QED) is 0.688. The van der Waals surface area contributed by atoms with E-state index in [2.05, 4.69) is 10.6 Å². The van der Waals surface area contributed by atoms with E-state index in [0.29, 0.717) is 6.42 Å². The highest BCUT2D eigenvalue weighted by atomic mass is 16.5. The van der Waals surface area contributed by atoms with Crippen molar-refractivity contribution < 1.29 is 19.1 Å². The second kappa shape index (κ2) is 10.3. The second-order valence-corrected chi connectivity index (χ2v) is 6.74. The van der Waals surface area contributed by atoms with Crippen LogP contribution in [0.3, 0.4) is 0 Å². The van der Waals surface area contributed by atoms with E-state index in [1.807, 2.05) is 63.2 Å². The van der Waals surface area contributed by atoms with Crippen molar-refractivity contribution in [3.8, 4) is 0 Å². The van der Waals surface area contributed by atoms with Gasteiger partial charge in [0.1, 0.15) is 0 Å². The van der Waals surface area contributed by atoms with Crippen molar-refractivity contribution in [2.45, 2.75) is 33.6 Å². The van der Waals surface area contributed by atoms with Gasteiger partial charge in [-0.1, -0.05) is 48.0 Å². The second-order valence-electron chi connectivity index (χ2n) is 6.74. The van der Waals surface area contributed by atoms with Gasteiger partial charge in [-0.25, -0.2) is 0 Å². The smallest absolute Gasteiger partial charge is 0.306 e. The lowest BCUT2D eigenvalue weighted by molar-refractivity contribution is -0.148. The van der Waals surface area contributed by atoms with Crippen molar-refractivity contribution in [2.75, 3.05) is 18.5 Å². The molecule has 2 N–H and O–H groups in total. The Morgan fingerprint density at radius 3 is 2.21 bits per heavy atom. The first kappa shape index (κ1) is 21.2. The van der Waals surface area contributed by atoms with Crippen LogP contribution in [0.4, 0.5) is 5.69 Å². The average molecular weight is 382 g/mol. The van der Waals surface area contributed by atoms with Gasteiger partial charge in [-0.2, -0.15) is 0 Å². The van der Waals surface area contributed by atoms with Crippen LogP contribution in [0.2, 0.25) is 0 Å². The maximum absolute atomic E-state index is 12.1. The summed E-state index contributed by atoms with van der Waals surface area (Å²) in [5.41, 5.74) is 4.82. The first-order chi connectivity index (χ1) is 13.3. The van der Waals surface area contributed by atoms with Crippen molar-refractivity contribution in [2.24, 2.45) is 0 Å². The van der Waals surface area contributed by atoms with Gasteiger partial charge in [-0.15, -0.1) is 0 Å². The van der Waals surface area contributed by atoms with Crippen LogP contribution in [0.25, 0.3) is 0 Å². The molecule has 0 unspecified atom stereocenters. The van der Waals surface area contributed by atoms with Crippen molar-refractivity contribution in [3.05, 3.63) is 64.7 Å². The minimum Gasteiger partial charge on any atom is -0.456 e. The summed E-state index contributed by atoms with van der Waals surface area (Å²) in [5, 5.41) is 5.26. The molecule has 0 atom stereocenters. The van der Waals surface area contributed by atoms with Gasteiger partial charge < -0.3 is 15.4 Å². The summed E-state index contributed by atoms with van der Waals surface area (Å²) in [5.74, 6) is -1.30. The standard InChI is InChI=1S/C22H26N2O4/c1-15-11-16(2)22(17(3)12-15)24-19(25)13-23-20(26)14-28-21(27)10-9-18-7-5-4-6-8-18/h4-8,11-12H,9-10,13-14H2,1-3H3,(H,23,26)(H,24,25). The summed E-state index contributed by atoms with van der Waals surface area (Å²) in [7, 11) is 0. The van der Waals surface area contributed by atoms with Crippen LogP contribution in [0.1, 0.15) is 28.7 Å². The van der Waals surface area contributed by atoms with E-state index < -0.39 is 18.5 Å². The largest absolute Gasteiger partial charge is 0.456 e. The molecule has 2 aromatic carbocycles. The van der Waals surface area contributed by atoms with Crippen LogP contribution in [-0.2, 0) is 25.5 Å². The number of rotatable bonds is 8. The maximum Gasteiger partial charge on any atom is 0.306 e. The van der Waals surface area contributed by atoms with Crippen molar-refractivity contribution >= 4 is 23.5 Å². The molecule has 28 heavy (non-hydrogen) atoms. The molecule has 0 saturated heterocycles. The van der Waals surface area contributed by atoms with E-state index in [0.717, 1.165) is 27.9 Å². The minimum atomic E-state index is -0.513. The zero-order valence-corrected chi connectivity index (χ0v) is 16.5. The maximum atomic E-state index is 12.1. The highest BCUT2D eigenvalue weighted by molar-refractivity contribution is 5.96. The van der Waals surface area contributed by atoms with E-state index in [4.69, 9.17) is 4.74 Å².